The average molecular weight is 427 g/mol. The molecule has 0 aliphatic carbocycles. The Morgan fingerprint density at radius 3 is 2.28 bits per heavy atom. The topological polar surface area (TPSA) is 104 Å². The van der Waals surface area contributed by atoms with Gasteiger partial charge in [-0.15, -0.1) is 0 Å². The molecule has 0 fully saturated rings. The first-order valence-corrected chi connectivity index (χ1v) is 10.3. The maximum atomic E-state index is 8.99. The van der Waals surface area contributed by atoms with E-state index in [1.807, 2.05) is 38.1 Å². The SMILES string of the molecule is COCc1cc(N)c(Nc2ccc(C#N)cc2)cc1Oc1c(C)cc(CCC#N)cc1C. The number of hydrogen-bond acceptors (Lipinski definition) is 6. The van der Waals surface area contributed by atoms with Crippen molar-refractivity contribution < 1.29 is 9.47 Å². The van der Waals surface area contributed by atoms with Crippen molar-refractivity contribution >= 4 is 17.1 Å². The van der Waals surface area contributed by atoms with Gasteiger partial charge in [0.15, 0.2) is 0 Å². The minimum atomic E-state index is 0.356. The van der Waals surface area contributed by atoms with Crippen molar-refractivity contribution in [3.63, 3.8) is 0 Å². The number of hydrogen-bond donors (Lipinski definition) is 2. The Labute approximate surface area is 188 Å². The summed E-state index contributed by atoms with van der Waals surface area (Å²) in [5.74, 6) is 1.42. The molecule has 6 heteroatoms. The zero-order valence-corrected chi connectivity index (χ0v) is 18.5. The van der Waals surface area contributed by atoms with E-state index in [1.165, 1.54) is 0 Å². The molecule has 0 amide bonds. The Bertz CT molecular complexity index is 1170. The molecule has 32 heavy (non-hydrogen) atoms. The molecule has 6 nitrogen and oxygen atoms in total. The van der Waals surface area contributed by atoms with Crippen LogP contribution in [0.3, 0.4) is 0 Å². The summed E-state index contributed by atoms with van der Waals surface area (Å²) in [6.07, 6.45) is 1.20. The Morgan fingerprint density at radius 2 is 1.69 bits per heavy atom. The molecular formula is C26H26N4O2. The summed E-state index contributed by atoms with van der Waals surface area (Å²) < 4.78 is 11.7. The molecule has 0 radical (unpaired) electrons. The number of rotatable bonds is 8. The van der Waals surface area contributed by atoms with Gasteiger partial charge in [-0.2, -0.15) is 10.5 Å². The van der Waals surface area contributed by atoms with Crippen LogP contribution in [0.25, 0.3) is 0 Å². The minimum Gasteiger partial charge on any atom is -0.456 e. The third kappa shape index (κ3) is 5.37. The fraction of sp³-hybridized carbons (Fsp3) is 0.231. The molecule has 0 atom stereocenters. The first kappa shape index (κ1) is 22.7. The second kappa shape index (κ2) is 10.3. The van der Waals surface area contributed by atoms with Gasteiger partial charge in [0.1, 0.15) is 11.5 Å². The fourth-order valence-electron chi connectivity index (χ4n) is 3.55. The van der Waals surface area contributed by atoms with Crippen LogP contribution < -0.4 is 15.8 Å². The lowest BCUT2D eigenvalue weighted by molar-refractivity contribution is 0.182. The van der Waals surface area contributed by atoms with Crippen LogP contribution in [0.15, 0.2) is 48.5 Å². The zero-order valence-electron chi connectivity index (χ0n) is 18.5. The van der Waals surface area contributed by atoms with Crippen molar-refractivity contribution in [2.75, 3.05) is 18.2 Å². The van der Waals surface area contributed by atoms with E-state index in [0.717, 1.165) is 33.7 Å². The highest BCUT2D eigenvalue weighted by Crippen LogP contribution is 2.37. The molecular weight excluding hydrogens is 400 g/mol. The first-order valence-electron chi connectivity index (χ1n) is 10.3. The van der Waals surface area contributed by atoms with Gasteiger partial charge in [-0.1, -0.05) is 12.1 Å². The molecule has 3 aromatic rings. The summed E-state index contributed by atoms with van der Waals surface area (Å²) >= 11 is 0. The molecule has 0 unspecified atom stereocenters. The lowest BCUT2D eigenvalue weighted by Crippen LogP contribution is -2.02. The zero-order chi connectivity index (χ0) is 23.1. The number of nitrogens with one attached hydrogen (secondary N) is 1. The predicted octanol–water partition coefficient (Wildman–Crippen LogP) is 5.90. The molecule has 3 N–H and O–H groups in total. The van der Waals surface area contributed by atoms with Crippen molar-refractivity contribution in [3.05, 3.63) is 76.3 Å². The Hall–Kier alpha value is -4.00. The number of nitrogens with two attached hydrogens (primary N) is 1. The molecule has 0 aliphatic heterocycles. The van der Waals surface area contributed by atoms with Crippen LogP contribution in [0.1, 0.15) is 34.2 Å². The molecule has 0 aliphatic rings. The Balaban J connectivity index is 1.95. The highest BCUT2D eigenvalue weighted by molar-refractivity contribution is 5.76. The van der Waals surface area contributed by atoms with E-state index in [9.17, 15) is 0 Å². The maximum absolute atomic E-state index is 8.99. The van der Waals surface area contributed by atoms with E-state index < -0.39 is 0 Å². The quantitative estimate of drug-likeness (QED) is 0.435. The largest absolute Gasteiger partial charge is 0.456 e. The summed E-state index contributed by atoms with van der Waals surface area (Å²) in [4.78, 5) is 0. The Kier molecular flexibility index (Phi) is 7.33. The second-order valence-electron chi connectivity index (χ2n) is 7.61. The van der Waals surface area contributed by atoms with Crippen LogP contribution >= 0.6 is 0 Å². The van der Waals surface area contributed by atoms with Crippen LogP contribution in [-0.2, 0) is 17.8 Å². The number of nitriles is 2. The summed E-state index contributed by atoms with van der Waals surface area (Å²) in [6, 6.07) is 19.3. The first-order chi connectivity index (χ1) is 15.4. The average Bonchev–Trinajstić information content (AvgIpc) is 2.78. The fourth-order valence-corrected chi connectivity index (χ4v) is 3.55. The Morgan fingerprint density at radius 1 is 1.00 bits per heavy atom. The van der Waals surface area contributed by atoms with Gasteiger partial charge in [0.2, 0.25) is 0 Å². The van der Waals surface area contributed by atoms with Crippen molar-refractivity contribution in [3.8, 4) is 23.6 Å². The number of nitrogen functional groups attached to an aromatic ring is 1. The molecule has 0 bridgehead atoms. The third-order valence-corrected chi connectivity index (χ3v) is 5.08. The van der Waals surface area contributed by atoms with Gasteiger partial charge in [-0.3, -0.25) is 0 Å². The summed E-state index contributed by atoms with van der Waals surface area (Å²) in [6.45, 7) is 4.36. The highest BCUT2D eigenvalue weighted by atomic mass is 16.5. The summed E-state index contributed by atoms with van der Waals surface area (Å²) in [5.41, 5.74) is 12.9. The molecule has 162 valence electrons. The van der Waals surface area contributed by atoms with E-state index in [1.54, 1.807) is 19.2 Å². The molecule has 0 aromatic heterocycles. The van der Waals surface area contributed by atoms with Gasteiger partial charge in [0.05, 0.1) is 35.7 Å². The van der Waals surface area contributed by atoms with Crippen LogP contribution in [0.4, 0.5) is 17.1 Å². The highest BCUT2D eigenvalue weighted by Gasteiger charge is 2.14. The number of anilines is 3. The lowest BCUT2D eigenvalue weighted by Gasteiger charge is -2.19. The third-order valence-electron chi connectivity index (χ3n) is 5.08. The van der Waals surface area contributed by atoms with Crippen LogP contribution in [0.2, 0.25) is 0 Å². The summed E-state index contributed by atoms with van der Waals surface area (Å²) in [7, 11) is 1.63. The normalized spacial score (nSPS) is 10.3. The van der Waals surface area contributed by atoms with Crippen molar-refractivity contribution in [2.45, 2.75) is 33.3 Å². The van der Waals surface area contributed by atoms with Gasteiger partial charge in [0, 0.05) is 30.8 Å². The molecule has 0 spiro atoms. The van der Waals surface area contributed by atoms with Gasteiger partial charge in [-0.25, -0.2) is 0 Å². The van der Waals surface area contributed by atoms with Crippen molar-refractivity contribution in [2.24, 2.45) is 0 Å². The van der Waals surface area contributed by atoms with E-state index in [0.29, 0.717) is 42.1 Å². The van der Waals surface area contributed by atoms with E-state index in [4.69, 9.17) is 25.7 Å². The molecule has 0 saturated carbocycles. The molecule has 0 saturated heterocycles. The number of benzene rings is 3. The minimum absolute atomic E-state index is 0.356. The van der Waals surface area contributed by atoms with Gasteiger partial charge < -0.3 is 20.5 Å². The number of methoxy groups -OCH3 is 1. The van der Waals surface area contributed by atoms with Gasteiger partial charge in [-0.05, 0) is 67.3 Å². The monoisotopic (exact) mass is 426 g/mol. The molecule has 0 heterocycles. The van der Waals surface area contributed by atoms with Gasteiger partial charge in [0.25, 0.3) is 0 Å². The van der Waals surface area contributed by atoms with Crippen LogP contribution in [-0.4, -0.2) is 7.11 Å². The van der Waals surface area contributed by atoms with Crippen molar-refractivity contribution in [1.82, 2.24) is 0 Å². The van der Waals surface area contributed by atoms with Gasteiger partial charge >= 0.3 is 0 Å². The smallest absolute Gasteiger partial charge is 0.135 e. The number of nitrogens with zero attached hydrogens (tertiary/aromatic N) is 2. The van der Waals surface area contributed by atoms with Crippen molar-refractivity contribution in [1.29, 1.82) is 10.5 Å². The number of ether oxygens (including phenoxy) is 2. The van der Waals surface area contributed by atoms with Crippen LogP contribution in [0, 0.1) is 36.5 Å². The maximum Gasteiger partial charge on any atom is 0.135 e. The molecule has 3 aromatic carbocycles. The standard InChI is InChI=1S/C26H26N4O2/c1-17-11-20(5-4-10-27)12-18(2)26(17)32-25-14-24(23(29)13-21(25)16-31-3)30-22-8-6-19(15-28)7-9-22/h6-9,11-14,30H,4-5,16,29H2,1-3H3. The van der Waals surface area contributed by atoms with Crippen LogP contribution in [0.5, 0.6) is 11.5 Å². The summed E-state index contributed by atoms with van der Waals surface area (Å²) in [5, 5.41) is 21.1. The van der Waals surface area contributed by atoms with E-state index >= 15 is 0 Å². The number of aryl methyl sites for hydroxylation is 3. The second-order valence-corrected chi connectivity index (χ2v) is 7.61. The predicted molar refractivity (Wildman–Crippen MR) is 126 cm³/mol. The van der Waals surface area contributed by atoms with E-state index in [-0.39, 0.29) is 0 Å². The molecule has 3 rings (SSSR count). The lowest BCUT2D eigenvalue weighted by atomic mass is 10.0. The van der Waals surface area contributed by atoms with E-state index in [2.05, 4.69) is 29.6 Å².